The van der Waals surface area contributed by atoms with Crippen LogP contribution in [-0.2, 0) is 16.0 Å². The number of carbonyl (C=O) groups excluding carboxylic acids is 1. The molecule has 5 nitrogen and oxygen atoms in total. The van der Waals surface area contributed by atoms with Gasteiger partial charge in [-0.2, -0.15) is 0 Å². The standard InChI is InChI=1S/C16H14ClNO4S/c1-2-22-15(19)10-11-6-5-9-14(16(11)18(20)21)23-13-8-4-3-7-12(13)17/h3-9H,2,10H2,1H3. The van der Waals surface area contributed by atoms with Crippen LogP contribution >= 0.6 is 23.4 Å². The maximum atomic E-state index is 11.6. The molecule has 0 amide bonds. The first-order valence-corrected chi connectivity index (χ1v) is 8.06. The smallest absolute Gasteiger partial charge is 0.310 e. The zero-order valence-electron chi connectivity index (χ0n) is 12.3. The Morgan fingerprint density at radius 3 is 2.57 bits per heavy atom. The van der Waals surface area contributed by atoms with Gasteiger partial charge < -0.3 is 4.74 Å². The Bertz CT molecular complexity index is 736. The van der Waals surface area contributed by atoms with Gasteiger partial charge in [0.05, 0.1) is 27.9 Å². The van der Waals surface area contributed by atoms with Crippen molar-refractivity contribution in [1.29, 1.82) is 0 Å². The third kappa shape index (κ3) is 4.46. The van der Waals surface area contributed by atoms with Gasteiger partial charge in [0.1, 0.15) is 0 Å². The van der Waals surface area contributed by atoms with Crippen LogP contribution < -0.4 is 0 Å². The second-order valence-electron chi connectivity index (χ2n) is 4.54. The van der Waals surface area contributed by atoms with E-state index in [-0.39, 0.29) is 18.7 Å². The number of esters is 1. The number of nitro groups is 1. The van der Waals surface area contributed by atoms with E-state index in [0.717, 1.165) is 0 Å². The van der Waals surface area contributed by atoms with Crippen molar-refractivity contribution in [3.05, 3.63) is 63.2 Å². The van der Waals surface area contributed by atoms with Crippen molar-refractivity contribution in [2.24, 2.45) is 0 Å². The molecule has 2 aromatic carbocycles. The third-order valence-corrected chi connectivity index (χ3v) is 4.53. The van der Waals surface area contributed by atoms with Crippen LogP contribution in [0, 0.1) is 10.1 Å². The number of nitro benzene ring substituents is 1. The van der Waals surface area contributed by atoms with E-state index in [1.165, 1.54) is 11.8 Å². The Labute approximate surface area is 142 Å². The predicted octanol–water partition coefficient (Wildman–Crippen LogP) is 4.51. The molecule has 23 heavy (non-hydrogen) atoms. The molecule has 0 aliphatic carbocycles. The van der Waals surface area contributed by atoms with E-state index in [1.54, 1.807) is 43.3 Å². The monoisotopic (exact) mass is 351 g/mol. The zero-order chi connectivity index (χ0) is 16.8. The molecule has 0 radical (unpaired) electrons. The fraction of sp³-hybridized carbons (Fsp3) is 0.188. The second-order valence-corrected chi connectivity index (χ2v) is 6.03. The van der Waals surface area contributed by atoms with Crippen molar-refractivity contribution < 1.29 is 14.5 Å². The molecule has 0 spiro atoms. The summed E-state index contributed by atoms with van der Waals surface area (Å²) in [5, 5.41) is 12.0. The summed E-state index contributed by atoms with van der Waals surface area (Å²) in [5.41, 5.74) is 0.232. The first kappa shape index (κ1) is 17.3. The van der Waals surface area contributed by atoms with Crippen LogP contribution in [0.15, 0.2) is 52.3 Å². The summed E-state index contributed by atoms with van der Waals surface area (Å²) in [6.07, 6.45) is -0.138. The summed E-state index contributed by atoms with van der Waals surface area (Å²) >= 11 is 7.30. The molecule has 0 aliphatic heterocycles. The third-order valence-electron chi connectivity index (χ3n) is 2.96. The van der Waals surface area contributed by atoms with Gasteiger partial charge in [0.15, 0.2) is 0 Å². The molecule has 2 aromatic rings. The molecule has 0 atom stereocenters. The van der Waals surface area contributed by atoms with Crippen LogP contribution in [0.3, 0.4) is 0 Å². The minimum atomic E-state index is -0.490. The van der Waals surface area contributed by atoms with Gasteiger partial charge in [-0.05, 0) is 25.1 Å². The lowest BCUT2D eigenvalue weighted by Gasteiger charge is -2.08. The van der Waals surface area contributed by atoms with E-state index in [4.69, 9.17) is 16.3 Å². The molecular weight excluding hydrogens is 338 g/mol. The van der Waals surface area contributed by atoms with Crippen molar-refractivity contribution in [1.82, 2.24) is 0 Å². The normalized spacial score (nSPS) is 10.3. The molecule has 0 saturated heterocycles. The molecule has 0 aliphatic rings. The molecule has 0 saturated carbocycles. The molecule has 0 heterocycles. The Morgan fingerprint density at radius 1 is 1.22 bits per heavy atom. The molecule has 0 unspecified atom stereocenters. The Kier molecular flexibility index (Phi) is 6.01. The van der Waals surface area contributed by atoms with Gasteiger partial charge in [-0.25, -0.2) is 0 Å². The van der Waals surface area contributed by atoms with Crippen LogP contribution in [0.4, 0.5) is 5.69 Å². The highest BCUT2D eigenvalue weighted by Gasteiger charge is 2.22. The lowest BCUT2D eigenvalue weighted by Crippen LogP contribution is -2.09. The van der Waals surface area contributed by atoms with Crippen LogP contribution in [0.25, 0.3) is 0 Å². The van der Waals surface area contributed by atoms with E-state index >= 15 is 0 Å². The van der Waals surface area contributed by atoms with Crippen LogP contribution in [0.1, 0.15) is 12.5 Å². The summed E-state index contributed by atoms with van der Waals surface area (Å²) in [5.74, 6) is -0.490. The lowest BCUT2D eigenvalue weighted by molar-refractivity contribution is -0.388. The van der Waals surface area contributed by atoms with E-state index in [1.807, 2.05) is 6.07 Å². The molecule has 0 N–H and O–H groups in total. The molecular formula is C16H14ClNO4S. The average Bonchev–Trinajstić information content (AvgIpc) is 2.49. The summed E-state index contributed by atoms with van der Waals surface area (Å²) in [7, 11) is 0. The Balaban J connectivity index is 2.38. The fourth-order valence-corrected chi connectivity index (χ4v) is 3.26. The highest BCUT2D eigenvalue weighted by Crippen LogP contribution is 2.39. The summed E-state index contributed by atoms with van der Waals surface area (Å²) in [4.78, 5) is 23.8. The van der Waals surface area contributed by atoms with E-state index in [0.29, 0.717) is 20.4 Å². The van der Waals surface area contributed by atoms with Crippen LogP contribution in [0.2, 0.25) is 5.02 Å². The summed E-state index contributed by atoms with van der Waals surface area (Å²) in [6.45, 7) is 1.93. The zero-order valence-corrected chi connectivity index (χ0v) is 13.9. The SMILES string of the molecule is CCOC(=O)Cc1cccc(Sc2ccccc2Cl)c1[N+](=O)[O-]. The average molecular weight is 352 g/mol. The minimum absolute atomic E-state index is 0.0922. The van der Waals surface area contributed by atoms with Crippen molar-refractivity contribution in [2.75, 3.05) is 6.61 Å². The number of nitrogens with zero attached hydrogens (tertiary/aromatic N) is 1. The fourth-order valence-electron chi connectivity index (χ4n) is 2.01. The number of hydrogen-bond donors (Lipinski definition) is 0. The number of carbonyl (C=O) groups is 1. The van der Waals surface area contributed by atoms with E-state index in [2.05, 4.69) is 0 Å². The Hall–Kier alpha value is -2.05. The van der Waals surface area contributed by atoms with Crippen LogP contribution in [0.5, 0.6) is 0 Å². The molecule has 7 heteroatoms. The van der Waals surface area contributed by atoms with Crippen molar-refractivity contribution in [3.8, 4) is 0 Å². The first-order chi connectivity index (χ1) is 11.0. The summed E-state index contributed by atoms with van der Waals surface area (Å²) < 4.78 is 4.87. The van der Waals surface area contributed by atoms with E-state index < -0.39 is 10.9 Å². The number of ether oxygens (including phenoxy) is 1. The maximum Gasteiger partial charge on any atom is 0.310 e. The quantitative estimate of drug-likeness (QED) is 0.435. The highest BCUT2D eigenvalue weighted by atomic mass is 35.5. The van der Waals surface area contributed by atoms with Gasteiger partial charge in [-0.3, -0.25) is 14.9 Å². The second kappa shape index (κ2) is 7.99. The van der Waals surface area contributed by atoms with Gasteiger partial charge in [-0.15, -0.1) is 0 Å². The first-order valence-electron chi connectivity index (χ1n) is 6.87. The topological polar surface area (TPSA) is 69.4 Å². The molecule has 0 fully saturated rings. The molecule has 0 aromatic heterocycles. The van der Waals surface area contributed by atoms with Gasteiger partial charge in [-0.1, -0.05) is 47.6 Å². The van der Waals surface area contributed by atoms with Gasteiger partial charge >= 0.3 is 5.97 Å². The number of hydrogen-bond acceptors (Lipinski definition) is 5. The maximum absolute atomic E-state index is 11.6. The number of halogens is 1. The van der Waals surface area contributed by atoms with Gasteiger partial charge in [0.2, 0.25) is 0 Å². The number of rotatable bonds is 6. The highest BCUT2D eigenvalue weighted by molar-refractivity contribution is 7.99. The molecule has 2 rings (SSSR count). The number of benzene rings is 2. The van der Waals surface area contributed by atoms with Crippen molar-refractivity contribution in [3.63, 3.8) is 0 Å². The predicted molar refractivity (Wildman–Crippen MR) is 89.0 cm³/mol. The lowest BCUT2D eigenvalue weighted by atomic mass is 10.1. The largest absolute Gasteiger partial charge is 0.466 e. The number of para-hydroxylation sites is 1. The summed E-state index contributed by atoms with van der Waals surface area (Å²) in [6, 6.07) is 12.0. The minimum Gasteiger partial charge on any atom is -0.466 e. The van der Waals surface area contributed by atoms with Crippen molar-refractivity contribution >= 4 is 35.0 Å². The van der Waals surface area contributed by atoms with Crippen molar-refractivity contribution in [2.45, 2.75) is 23.1 Å². The van der Waals surface area contributed by atoms with E-state index in [9.17, 15) is 14.9 Å². The van der Waals surface area contributed by atoms with Crippen LogP contribution in [-0.4, -0.2) is 17.5 Å². The van der Waals surface area contributed by atoms with Gasteiger partial charge in [0, 0.05) is 10.5 Å². The van der Waals surface area contributed by atoms with Gasteiger partial charge in [0.25, 0.3) is 5.69 Å². The molecule has 120 valence electrons. The Morgan fingerprint density at radius 2 is 1.91 bits per heavy atom. The molecule has 0 bridgehead atoms.